The monoisotopic (exact) mass is 382 g/mol. The van der Waals surface area contributed by atoms with Crippen LogP contribution < -0.4 is 14.8 Å². The molecule has 4 rings (SSSR count). The van der Waals surface area contributed by atoms with E-state index >= 15 is 0 Å². The summed E-state index contributed by atoms with van der Waals surface area (Å²) < 4.78 is 12.5. The first kappa shape index (κ1) is 17.4. The minimum atomic E-state index is -0.126. The first-order valence-electron chi connectivity index (χ1n) is 8.39. The number of anilines is 1. The summed E-state index contributed by atoms with van der Waals surface area (Å²) in [6, 6.07) is 13.3. The average molecular weight is 382 g/mol. The maximum absolute atomic E-state index is 12.3. The topological polar surface area (TPSA) is 78.3 Å². The molecule has 0 unspecified atom stereocenters. The number of aromatic nitrogens is 3. The Morgan fingerprint density at radius 3 is 2.85 bits per heavy atom. The minimum absolute atomic E-state index is 0.126. The van der Waals surface area contributed by atoms with Crippen LogP contribution in [0.15, 0.2) is 47.6 Å². The van der Waals surface area contributed by atoms with Crippen LogP contribution >= 0.6 is 11.8 Å². The van der Waals surface area contributed by atoms with E-state index in [1.807, 2.05) is 42.8 Å². The van der Waals surface area contributed by atoms with Gasteiger partial charge in [0.15, 0.2) is 22.5 Å². The number of fused-ring (bicyclic) bond motifs is 1. The smallest absolute Gasteiger partial charge is 0.234 e. The van der Waals surface area contributed by atoms with Crippen molar-refractivity contribution >= 4 is 23.4 Å². The van der Waals surface area contributed by atoms with Crippen molar-refractivity contribution in [3.63, 3.8) is 0 Å². The predicted molar refractivity (Wildman–Crippen MR) is 103 cm³/mol. The second kappa shape index (κ2) is 7.32. The Bertz CT molecular complexity index is 1000. The molecule has 1 aliphatic rings. The Hall–Kier alpha value is -3.00. The third-order valence-electron chi connectivity index (χ3n) is 4.21. The number of nitrogens with zero attached hydrogens (tertiary/aromatic N) is 3. The third kappa shape index (κ3) is 3.61. The van der Waals surface area contributed by atoms with Gasteiger partial charge in [0.1, 0.15) is 0 Å². The van der Waals surface area contributed by atoms with Crippen LogP contribution in [0.25, 0.3) is 11.4 Å². The fourth-order valence-electron chi connectivity index (χ4n) is 2.80. The maximum atomic E-state index is 12.3. The van der Waals surface area contributed by atoms with Gasteiger partial charge in [0.25, 0.3) is 0 Å². The van der Waals surface area contributed by atoms with Gasteiger partial charge < -0.3 is 19.4 Å². The molecule has 0 atom stereocenters. The number of amides is 1. The highest BCUT2D eigenvalue weighted by molar-refractivity contribution is 7.99. The van der Waals surface area contributed by atoms with Crippen LogP contribution in [-0.2, 0) is 11.8 Å². The summed E-state index contributed by atoms with van der Waals surface area (Å²) in [6.45, 7) is 2.24. The maximum Gasteiger partial charge on any atom is 0.234 e. The van der Waals surface area contributed by atoms with Gasteiger partial charge in [-0.15, -0.1) is 10.2 Å². The Kier molecular flexibility index (Phi) is 4.72. The molecule has 7 nitrogen and oxygen atoms in total. The number of thioether (sulfide) groups is 1. The fourth-order valence-corrected chi connectivity index (χ4v) is 3.51. The largest absolute Gasteiger partial charge is 0.454 e. The zero-order valence-electron chi connectivity index (χ0n) is 14.9. The van der Waals surface area contributed by atoms with Gasteiger partial charge in [0.2, 0.25) is 12.7 Å². The molecule has 0 fully saturated rings. The van der Waals surface area contributed by atoms with Gasteiger partial charge in [-0.25, -0.2) is 0 Å². The molecule has 3 aromatic rings. The number of benzene rings is 2. The molecule has 1 amide bonds. The first-order chi connectivity index (χ1) is 13.1. The molecular formula is C19H18N4O3S. The molecule has 0 saturated carbocycles. The fraction of sp³-hybridized carbons (Fsp3) is 0.211. The molecule has 1 N–H and O–H groups in total. The second-order valence-corrected chi connectivity index (χ2v) is 7.03. The summed E-state index contributed by atoms with van der Waals surface area (Å²) in [5, 5.41) is 12.0. The molecular weight excluding hydrogens is 364 g/mol. The summed E-state index contributed by atoms with van der Waals surface area (Å²) in [7, 11) is 1.90. The minimum Gasteiger partial charge on any atom is -0.454 e. The summed E-state index contributed by atoms with van der Waals surface area (Å²) in [4.78, 5) is 12.3. The number of hydrogen-bond acceptors (Lipinski definition) is 6. The Labute approximate surface area is 160 Å². The highest BCUT2D eigenvalue weighted by Crippen LogP contribution is 2.34. The number of ether oxygens (including phenoxy) is 2. The van der Waals surface area contributed by atoms with Gasteiger partial charge in [-0.2, -0.15) is 0 Å². The summed E-state index contributed by atoms with van der Waals surface area (Å²) in [5.74, 6) is 2.21. The van der Waals surface area contributed by atoms with Crippen molar-refractivity contribution in [2.45, 2.75) is 12.1 Å². The Balaban J connectivity index is 1.40. The van der Waals surface area contributed by atoms with Gasteiger partial charge in [-0.3, -0.25) is 4.79 Å². The zero-order valence-corrected chi connectivity index (χ0v) is 15.7. The molecule has 1 aliphatic heterocycles. The molecule has 0 radical (unpaired) electrons. The molecule has 27 heavy (non-hydrogen) atoms. The lowest BCUT2D eigenvalue weighted by atomic mass is 10.1. The highest BCUT2D eigenvalue weighted by Gasteiger charge is 2.16. The molecule has 138 valence electrons. The molecule has 0 spiro atoms. The molecule has 2 heterocycles. The van der Waals surface area contributed by atoms with Crippen molar-refractivity contribution < 1.29 is 14.3 Å². The SMILES string of the molecule is Cc1ccccc1-c1nnc(SCC(=O)Nc2ccc3c(c2)OCO3)n1C. The zero-order chi connectivity index (χ0) is 18.8. The van der Waals surface area contributed by atoms with E-state index < -0.39 is 0 Å². The van der Waals surface area contributed by atoms with Crippen LogP contribution in [0.2, 0.25) is 0 Å². The van der Waals surface area contributed by atoms with E-state index in [9.17, 15) is 4.79 Å². The van der Waals surface area contributed by atoms with Gasteiger partial charge in [0, 0.05) is 24.4 Å². The van der Waals surface area contributed by atoms with Gasteiger partial charge in [0.05, 0.1) is 5.75 Å². The molecule has 0 saturated heterocycles. The van der Waals surface area contributed by atoms with E-state index in [0.717, 1.165) is 17.0 Å². The van der Waals surface area contributed by atoms with E-state index in [0.29, 0.717) is 22.3 Å². The lowest BCUT2D eigenvalue weighted by Crippen LogP contribution is -2.14. The first-order valence-corrected chi connectivity index (χ1v) is 9.38. The van der Waals surface area contributed by atoms with Gasteiger partial charge in [-0.1, -0.05) is 36.0 Å². The van der Waals surface area contributed by atoms with Crippen LogP contribution in [-0.4, -0.2) is 33.2 Å². The van der Waals surface area contributed by atoms with Crippen molar-refractivity contribution in [2.75, 3.05) is 17.9 Å². The standard InChI is InChI=1S/C19H18N4O3S/c1-12-5-3-4-6-14(12)18-21-22-19(23(18)2)27-10-17(24)20-13-7-8-15-16(9-13)26-11-25-15/h3-9H,10-11H2,1-2H3,(H,20,24). The number of nitrogens with one attached hydrogen (secondary N) is 1. The number of carbonyl (C=O) groups is 1. The van der Waals surface area contributed by atoms with E-state index in [4.69, 9.17) is 9.47 Å². The summed E-state index contributed by atoms with van der Waals surface area (Å²) in [6.07, 6.45) is 0. The van der Waals surface area contributed by atoms with Crippen LogP contribution in [0, 0.1) is 6.92 Å². The van der Waals surface area contributed by atoms with Crippen molar-refractivity contribution in [3.05, 3.63) is 48.0 Å². The quantitative estimate of drug-likeness (QED) is 0.683. The van der Waals surface area contributed by atoms with E-state index in [1.165, 1.54) is 11.8 Å². The molecule has 2 aromatic carbocycles. The summed E-state index contributed by atoms with van der Waals surface area (Å²) in [5.41, 5.74) is 2.83. The van der Waals surface area contributed by atoms with Crippen molar-refractivity contribution in [2.24, 2.45) is 7.05 Å². The van der Waals surface area contributed by atoms with E-state index in [1.54, 1.807) is 18.2 Å². The molecule has 1 aromatic heterocycles. The highest BCUT2D eigenvalue weighted by atomic mass is 32.2. The Morgan fingerprint density at radius 1 is 1.19 bits per heavy atom. The van der Waals surface area contributed by atoms with E-state index in [2.05, 4.69) is 15.5 Å². The number of aryl methyl sites for hydroxylation is 1. The van der Waals surface area contributed by atoms with Gasteiger partial charge in [-0.05, 0) is 24.6 Å². The van der Waals surface area contributed by atoms with E-state index in [-0.39, 0.29) is 18.5 Å². The van der Waals surface area contributed by atoms with Crippen LogP contribution in [0.1, 0.15) is 5.56 Å². The lowest BCUT2D eigenvalue weighted by molar-refractivity contribution is -0.113. The van der Waals surface area contributed by atoms with Crippen LogP contribution in [0.5, 0.6) is 11.5 Å². The molecule has 0 aliphatic carbocycles. The predicted octanol–water partition coefficient (Wildman–Crippen LogP) is 3.25. The number of rotatable bonds is 5. The molecule has 0 bridgehead atoms. The van der Waals surface area contributed by atoms with Crippen molar-refractivity contribution in [1.82, 2.24) is 14.8 Å². The lowest BCUT2D eigenvalue weighted by Gasteiger charge is -2.07. The van der Waals surface area contributed by atoms with Crippen molar-refractivity contribution in [3.8, 4) is 22.9 Å². The molecule has 8 heteroatoms. The third-order valence-corrected chi connectivity index (χ3v) is 5.23. The number of hydrogen-bond donors (Lipinski definition) is 1. The van der Waals surface area contributed by atoms with Gasteiger partial charge >= 0.3 is 0 Å². The normalized spacial score (nSPS) is 12.2. The van der Waals surface area contributed by atoms with Crippen molar-refractivity contribution in [1.29, 1.82) is 0 Å². The van der Waals surface area contributed by atoms with Crippen LogP contribution in [0.4, 0.5) is 5.69 Å². The van der Waals surface area contributed by atoms with Crippen LogP contribution in [0.3, 0.4) is 0 Å². The average Bonchev–Trinajstić information content (AvgIpc) is 3.27. The number of carbonyl (C=O) groups excluding carboxylic acids is 1. The Morgan fingerprint density at radius 2 is 2.00 bits per heavy atom. The second-order valence-electron chi connectivity index (χ2n) is 6.09. The summed E-state index contributed by atoms with van der Waals surface area (Å²) >= 11 is 1.34.